The maximum Gasteiger partial charge on any atom is 0.151 e. The molecule has 1 saturated carbocycles. The standard InChI is InChI=1S/C18H27I3O3/c1-16(2,19)13(22)10-7-11(14(23)17(3,4)20)9-12(8-10)15(24)18(5,6)21/h10-12H,7-9H2,1-6H3. The van der Waals surface area contributed by atoms with Gasteiger partial charge in [0.25, 0.3) is 0 Å². The summed E-state index contributed by atoms with van der Waals surface area (Å²) in [6.07, 6.45) is 1.76. The highest BCUT2D eigenvalue weighted by Crippen LogP contribution is 2.42. The second-order valence-corrected chi connectivity index (χ2v) is 16.4. The van der Waals surface area contributed by atoms with Crippen LogP contribution < -0.4 is 0 Å². The van der Waals surface area contributed by atoms with E-state index in [9.17, 15) is 14.4 Å². The molecule has 1 aliphatic rings. The van der Waals surface area contributed by atoms with E-state index in [4.69, 9.17) is 0 Å². The van der Waals surface area contributed by atoms with Crippen LogP contribution in [0.3, 0.4) is 0 Å². The Hall–Kier alpha value is 1.20. The average molecular weight is 672 g/mol. The molecule has 6 heteroatoms. The van der Waals surface area contributed by atoms with Crippen molar-refractivity contribution in [1.29, 1.82) is 0 Å². The van der Waals surface area contributed by atoms with Crippen molar-refractivity contribution in [3.05, 3.63) is 0 Å². The molecule has 1 fully saturated rings. The van der Waals surface area contributed by atoms with Gasteiger partial charge in [-0.1, -0.05) is 67.8 Å². The molecule has 0 atom stereocenters. The number of hydrogen-bond donors (Lipinski definition) is 0. The molecule has 0 N–H and O–H groups in total. The van der Waals surface area contributed by atoms with Crippen LogP contribution in [-0.4, -0.2) is 27.6 Å². The van der Waals surface area contributed by atoms with Crippen molar-refractivity contribution in [1.82, 2.24) is 0 Å². The zero-order chi connectivity index (χ0) is 19.1. The normalized spacial score (nSPS) is 26.1. The summed E-state index contributed by atoms with van der Waals surface area (Å²) in [5.41, 5.74) is 0. The zero-order valence-corrected chi connectivity index (χ0v) is 21.7. The van der Waals surface area contributed by atoms with Crippen LogP contribution in [0.25, 0.3) is 0 Å². The highest BCUT2D eigenvalue weighted by atomic mass is 127. The van der Waals surface area contributed by atoms with Crippen LogP contribution in [0.15, 0.2) is 0 Å². The minimum atomic E-state index is -0.472. The van der Waals surface area contributed by atoms with Crippen LogP contribution in [0.4, 0.5) is 0 Å². The molecule has 0 spiro atoms. The summed E-state index contributed by atoms with van der Waals surface area (Å²) < 4.78 is -1.41. The molecule has 0 unspecified atom stereocenters. The molecule has 0 radical (unpaired) electrons. The molecule has 0 aliphatic heterocycles. The van der Waals surface area contributed by atoms with Crippen molar-refractivity contribution in [2.24, 2.45) is 17.8 Å². The lowest BCUT2D eigenvalue weighted by Crippen LogP contribution is -2.45. The summed E-state index contributed by atoms with van der Waals surface area (Å²) >= 11 is 6.49. The van der Waals surface area contributed by atoms with E-state index in [0.29, 0.717) is 19.3 Å². The Labute approximate surface area is 186 Å². The Kier molecular flexibility index (Phi) is 7.80. The smallest absolute Gasteiger partial charge is 0.151 e. The van der Waals surface area contributed by atoms with Gasteiger partial charge < -0.3 is 0 Å². The number of carbonyl (C=O) groups excluding carboxylic acids is 3. The van der Waals surface area contributed by atoms with Crippen molar-refractivity contribution >= 4 is 85.1 Å². The fraction of sp³-hybridized carbons (Fsp3) is 0.833. The Bertz CT molecular complexity index is 439. The van der Waals surface area contributed by atoms with Gasteiger partial charge >= 0.3 is 0 Å². The number of ketones is 3. The molecule has 1 aliphatic carbocycles. The molecule has 0 aromatic carbocycles. The van der Waals surface area contributed by atoms with E-state index >= 15 is 0 Å². The third-order valence-corrected chi connectivity index (χ3v) is 6.17. The fourth-order valence-electron chi connectivity index (χ4n) is 3.42. The Morgan fingerprint density at radius 1 is 0.583 bits per heavy atom. The molecule has 0 aromatic rings. The largest absolute Gasteiger partial charge is 0.298 e. The van der Waals surface area contributed by atoms with Crippen LogP contribution in [-0.2, 0) is 14.4 Å². The fourth-order valence-corrected chi connectivity index (χ4v) is 4.74. The van der Waals surface area contributed by atoms with E-state index in [2.05, 4.69) is 67.8 Å². The van der Waals surface area contributed by atoms with Gasteiger partial charge in [0, 0.05) is 17.8 Å². The lowest BCUT2D eigenvalue weighted by Gasteiger charge is -2.38. The maximum atomic E-state index is 12.8. The first-order chi connectivity index (χ1) is 10.5. The summed E-state index contributed by atoms with van der Waals surface area (Å²) in [5.74, 6) is -0.120. The second-order valence-electron chi connectivity index (χ2n) is 8.31. The predicted molar refractivity (Wildman–Crippen MR) is 124 cm³/mol. The quantitative estimate of drug-likeness (QED) is 0.282. The Morgan fingerprint density at radius 2 is 0.750 bits per heavy atom. The summed E-state index contributed by atoms with van der Waals surface area (Å²) in [7, 11) is 0. The molecule has 1 rings (SSSR count). The number of hydrogen-bond acceptors (Lipinski definition) is 3. The van der Waals surface area contributed by atoms with Gasteiger partial charge in [-0.15, -0.1) is 0 Å². The van der Waals surface area contributed by atoms with Crippen LogP contribution in [0, 0.1) is 17.8 Å². The molecule has 138 valence electrons. The van der Waals surface area contributed by atoms with Crippen LogP contribution in [0.1, 0.15) is 60.8 Å². The number of carbonyl (C=O) groups is 3. The lowest BCUT2D eigenvalue weighted by atomic mass is 9.67. The van der Waals surface area contributed by atoms with Crippen molar-refractivity contribution in [2.75, 3.05) is 0 Å². The maximum absolute atomic E-state index is 12.8. The van der Waals surface area contributed by atoms with Gasteiger partial charge in [-0.05, 0) is 60.8 Å². The van der Waals surface area contributed by atoms with E-state index in [-0.39, 0.29) is 35.1 Å². The van der Waals surface area contributed by atoms with Gasteiger partial charge in [0.1, 0.15) is 0 Å². The van der Waals surface area contributed by atoms with Gasteiger partial charge in [0.15, 0.2) is 17.3 Å². The van der Waals surface area contributed by atoms with Crippen LogP contribution >= 0.6 is 67.8 Å². The molecule has 0 heterocycles. The first-order valence-corrected chi connectivity index (χ1v) is 11.5. The van der Waals surface area contributed by atoms with Crippen LogP contribution in [0.5, 0.6) is 0 Å². The van der Waals surface area contributed by atoms with Crippen molar-refractivity contribution < 1.29 is 14.4 Å². The van der Waals surface area contributed by atoms with Gasteiger partial charge in [-0.2, -0.15) is 0 Å². The van der Waals surface area contributed by atoms with Gasteiger partial charge in [0.2, 0.25) is 0 Å². The van der Waals surface area contributed by atoms with Crippen LogP contribution in [0.2, 0.25) is 0 Å². The number of halogens is 3. The Balaban J connectivity index is 3.14. The van der Waals surface area contributed by atoms with Gasteiger partial charge in [-0.3, -0.25) is 14.4 Å². The third kappa shape index (κ3) is 6.13. The molecular weight excluding hydrogens is 645 g/mol. The van der Waals surface area contributed by atoms with Crippen molar-refractivity contribution in [3.63, 3.8) is 0 Å². The van der Waals surface area contributed by atoms with Crippen molar-refractivity contribution in [2.45, 2.75) is 71.1 Å². The van der Waals surface area contributed by atoms with E-state index in [1.807, 2.05) is 41.5 Å². The second kappa shape index (κ2) is 8.06. The summed E-state index contributed by atoms with van der Waals surface area (Å²) in [6, 6.07) is 0. The van der Waals surface area contributed by atoms with Gasteiger partial charge in [-0.25, -0.2) is 0 Å². The monoisotopic (exact) mass is 672 g/mol. The summed E-state index contributed by atoms with van der Waals surface area (Å²) in [5, 5.41) is 0. The summed E-state index contributed by atoms with van der Waals surface area (Å²) in [6.45, 7) is 11.4. The summed E-state index contributed by atoms with van der Waals surface area (Å²) in [4.78, 5) is 38.5. The highest BCUT2D eigenvalue weighted by molar-refractivity contribution is 14.1. The molecule has 0 bridgehead atoms. The van der Waals surface area contributed by atoms with Crippen molar-refractivity contribution in [3.8, 4) is 0 Å². The first kappa shape index (κ1) is 23.2. The molecular formula is C18H27I3O3. The first-order valence-electron chi connectivity index (χ1n) is 8.24. The SMILES string of the molecule is CC(C)(I)C(=O)C1CC(C(=O)C(C)(C)I)CC(C(=O)C(C)(C)I)C1. The third-order valence-electron chi connectivity index (χ3n) is 4.58. The zero-order valence-electron chi connectivity index (χ0n) is 15.2. The molecule has 0 amide bonds. The minimum Gasteiger partial charge on any atom is -0.298 e. The highest BCUT2D eigenvalue weighted by Gasteiger charge is 2.46. The predicted octanol–water partition coefficient (Wildman–Crippen LogP) is 5.37. The average Bonchev–Trinajstić information content (AvgIpc) is 2.41. The molecule has 0 saturated heterocycles. The van der Waals surface area contributed by atoms with E-state index in [1.165, 1.54) is 0 Å². The van der Waals surface area contributed by atoms with E-state index in [0.717, 1.165) is 0 Å². The van der Waals surface area contributed by atoms with Gasteiger partial charge in [0.05, 0.1) is 10.3 Å². The molecule has 24 heavy (non-hydrogen) atoms. The van der Waals surface area contributed by atoms with E-state index in [1.54, 1.807) is 0 Å². The Morgan fingerprint density at radius 3 is 0.875 bits per heavy atom. The number of rotatable bonds is 6. The number of alkyl halides is 3. The molecule has 3 nitrogen and oxygen atoms in total. The molecule has 0 aromatic heterocycles. The van der Waals surface area contributed by atoms with E-state index < -0.39 is 10.3 Å². The number of Topliss-reactive ketones (excluding diaryl/α,β-unsaturated/α-hetero) is 3. The minimum absolute atomic E-state index is 0.163. The topological polar surface area (TPSA) is 51.2 Å². The lowest BCUT2D eigenvalue weighted by molar-refractivity contribution is -0.134.